The number of fused-ring (bicyclic) bond motifs is 1. The number of hydrogen-bond acceptors (Lipinski definition) is 7. The minimum Gasteiger partial charge on any atom is -0.475 e. The van der Waals surface area contributed by atoms with E-state index in [-0.39, 0.29) is 47.8 Å². The van der Waals surface area contributed by atoms with Gasteiger partial charge < -0.3 is 10.1 Å². The Hall–Kier alpha value is -3.86. The summed E-state index contributed by atoms with van der Waals surface area (Å²) in [6, 6.07) is 17.1. The van der Waals surface area contributed by atoms with Crippen LogP contribution in [0.25, 0.3) is 17.0 Å². The summed E-state index contributed by atoms with van der Waals surface area (Å²) in [4.78, 5) is 12.2. The zero-order valence-corrected chi connectivity index (χ0v) is 18.2. The van der Waals surface area contributed by atoms with Crippen LogP contribution in [0.3, 0.4) is 0 Å². The first-order valence-corrected chi connectivity index (χ1v) is 11.7. The van der Waals surface area contributed by atoms with Gasteiger partial charge in [0.25, 0.3) is 0 Å². The Morgan fingerprint density at radius 2 is 1.76 bits per heavy atom. The van der Waals surface area contributed by atoms with Crippen molar-refractivity contribution < 1.29 is 22.3 Å². The molecule has 0 bridgehead atoms. The Kier molecular flexibility index (Phi) is 6.59. The highest BCUT2D eigenvalue weighted by atomic mass is 32.2. The smallest absolute Gasteiger partial charge is 0.231 e. The monoisotopic (exact) mass is 469 g/mol. The summed E-state index contributed by atoms with van der Waals surface area (Å²) in [7, 11) is -3.51. The Morgan fingerprint density at radius 3 is 2.52 bits per heavy atom. The first-order valence-electron chi connectivity index (χ1n) is 10.1. The molecule has 0 aliphatic heterocycles. The average Bonchev–Trinajstić information content (AvgIpc) is 3.25. The van der Waals surface area contributed by atoms with Crippen molar-refractivity contribution in [2.75, 3.05) is 18.9 Å². The number of benzene rings is 2. The number of rotatable bonds is 9. The second-order valence-electron chi connectivity index (χ2n) is 7.05. The van der Waals surface area contributed by atoms with Crippen LogP contribution in [-0.4, -0.2) is 53.0 Å². The lowest BCUT2D eigenvalue weighted by molar-refractivity contribution is -0.120. The van der Waals surface area contributed by atoms with Crippen LogP contribution in [-0.2, 0) is 14.6 Å². The highest BCUT2D eigenvalue weighted by Gasteiger charge is 2.16. The number of sulfone groups is 1. The number of amides is 1. The van der Waals surface area contributed by atoms with Gasteiger partial charge in [-0.1, -0.05) is 18.2 Å². The largest absolute Gasteiger partial charge is 0.475 e. The molecule has 0 unspecified atom stereocenters. The van der Waals surface area contributed by atoms with Gasteiger partial charge in [-0.05, 0) is 42.5 Å². The SMILES string of the molecule is O=C(CCS(=O)(=O)c1ccccc1)NCCOc1ccc2nnc(-c3ccc(F)cc3)n2n1. The van der Waals surface area contributed by atoms with Crippen molar-refractivity contribution >= 4 is 21.4 Å². The quantitative estimate of drug-likeness (QED) is 0.374. The maximum Gasteiger partial charge on any atom is 0.231 e. The Labute approximate surface area is 189 Å². The number of aromatic nitrogens is 4. The molecule has 170 valence electrons. The van der Waals surface area contributed by atoms with E-state index in [0.717, 1.165) is 0 Å². The van der Waals surface area contributed by atoms with Gasteiger partial charge >= 0.3 is 0 Å². The molecule has 11 heteroatoms. The number of ether oxygens (including phenoxy) is 1. The molecule has 2 aromatic carbocycles. The molecule has 4 rings (SSSR count). The van der Waals surface area contributed by atoms with Gasteiger partial charge in [-0.25, -0.2) is 12.8 Å². The third-order valence-corrected chi connectivity index (χ3v) is 6.45. The predicted molar refractivity (Wildman–Crippen MR) is 118 cm³/mol. The van der Waals surface area contributed by atoms with E-state index < -0.39 is 9.84 Å². The number of carbonyl (C=O) groups excluding carboxylic acids is 1. The second-order valence-corrected chi connectivity index (χ2v) is 9.16. The number of carbonyl (C=O) groups is 1. The Bertz CT molecular complexity index is 1360. The van der Waals surface area contributed by atoms with Gasteiger partial charge in [0.2, 0.25) is 11.8 Å². The Morgan fingerprint density at radius 1 is 1.00 bits per heavy atom. The molecule has 1 N–H and O–H groups in total. The van der Waals surface area contributed by atoms with Crippen LogP contribution in [0.2, 0.25) is 0 Å². The lowest BCUT2D eigenvalue weighted by Crippen LogP contribution is -2.29. The van der Waals surface area contributed by atoms with Gasteiger partial charge in [-0.2, -0.15) is 4.52 Å². The minimum absolute atomic E-state index is 0.129. The van der Waals surface area contributed by atoms with Gasteiger partial charge in [0.15, 0.2) is 21.3 Å². The first-order chi connectivity index (χ1) is 15.9. The number of nitrogens with one attached hydrogen (secondary N) is 1. The van der Waals surface area contributed by atoms with E-state index in [1.807, 2.05) is 0 Å². The van der Waals surface area contributed by atoms with E-state index in [1.165, 1.54) is 28.8 Å². The van der Waals surface area contributed by atoms with Crippen LogP contribution in [0.5, 0.6) is 5.88 Å². The molecule has 9 nitrogen and oxygen atoms in total. The third-order valence-electron chi connectivity index (χ3n) is 4.72. The standard InChI is InChI=1S/C22H20FN5O4S/c23-17-8-6-16(7-9-17)22-26-25-19-10-11-21(27-28(19)22)32-14-13-24-20(29)12-15-33(30,31)18-4-2-1-3-5-18/h1-11H,12-15H2,(H,24,29). The van der Waals surface area contributed by atoms with Crippen molar-refractivity contribution in [2.45, 2.75) is 11.3 Å². The zero-order valence-electron chi connectivity index (χ0n) is 17.4. The van der Waals surface area contributed by atoms with Crippen LogP contribution < -0.4 is 10.1 Å². The summed E-state index contributed by atoms with van der Waals surface area (Å²) in [6.07, 6.45) is -0.150. The van der Waals surface area contributed by atoms with Gasteiger partial charge in [0.1, 0.15) is 12.4 Å². The maximum absolute atomic E-state index is 13.2. The summed E-state index contributed by atoms with van der Waals surface area (Å²) in [5.41, 5.74) is 1.14. The van der Waals surface area contributed by atoms with Gasteiger partial charge in [0, 0.05) is 18.1 Å². The average molecular weight is 469 g/mol. The highest BCUT2D eigenvalue weighted by Crippen LogP contribution is 2.19. The molecule has 0 radical (unpaired) electrons. The summed E-state index contributed by atoms with van der Waals surface area (Å²) in [5.74, 6) is -0.306. The number of halogens is 1. The summed E-state index contributed by atoms with van der Waals surface area (Å²) < 4.78 is 44.7. The van der Waals surface area contributed by atoms with E-state index in [2.05, 4.69) is 20.6 Å². The fourth-order valence-corrected chi connectivity index (χ4v) is 4.30. The maximum atomic E-state index is 13.2. The molecule has 1 amide bonds. The van der Waals surface area contributed by atoms with Crippen molar-refractivity contribution in [3.05, 3.63) is 72.5 Å². The van der Waals surface area contributed by atoms with Crippen LogP contribution in [0.1, 0.15) is 6.42 Å². The molecule has 0 atom stereocenters. The summed E-state index contributed by atoms with van der Waals surface area (Å²) >= 11 is 0. The van der Waals surface area contributed by atoms with Crippen LogP contribution in [0.4, 0.5) is 4.39 Å². The van der Waals surface area contributed by atoms with E-state index in [9.17, 15) is 17.6 Å². The van der Waals surface area contributed by atoms with E-state index in [1.54, 1.807) is 42.5 Å². The first kappa shape index (κ1) is 22.3. The fourth-order valence-electron chi connectivity index (χ4n) is 3.04. The van der Waals surface area contributed by atoms with Crippen molar-refractivity contribution in [3.8, 4) is 17.3 Å². The van der Waals surface area contributed by atoms with Gasteiger partial charge in [0.05, 0.1) is 17.2 Å². The molecule has 0 saturated heterocycles. The van der Waals surface area contributed by atoms with Crippen molar-refractivity contribution in [2.24, 2.45) is 0 Å². The zero-order chi connectivity index (χ0) is 23.3. The molecule has 2 heterocycles. The highest BCUT2D eigenvalue weighted by molar-refractivity contribution is 7.91. The van der Waals surface area contributed by atoms with Gasteiger partial charge in [-0.3, -0.25) is 4.79 Å². The fraction of sp³-hybridized carbons (Fsp3) is 0.182. The van der Waals surface area contributed by atoms with Crippen molar-refractivity contribution in [1.82, 2.24) is 25.1 Å². The van der Waals surface area contributed by atoms with E-state index in [4.69, 9.17) is 4.74 Å². The normalized spacial score (nSPS) is 11.4. The van der Waals surface area contributed by atoms with Crippen LogP contribution in [0, 0.1) is 5.82 Å². The van der Waals surface area contributed by atoms with E-state index >= 15 is 0 Å². The Balaban J connectivity index is 1.29. The summed E-state index contributed by atoms with van der Waals surface area (Å²) in [6.45, 7) is 0.306. The molecule has 0 aliphatic rings. The van der Waals surface area contributed by atoms with Crippen molar-refractivity contribution in [1.29, 1.82) is 0 Å². The van der Waals surface area contributed by atoms with E-state index in [0.29, 0.717) is 17.0 Å². The van der Waals surface area contributed by atoms with Crippen molar-refractivity contribution in [3.63, 3.8) is 0 Å². The number of nitrogens with zero attached hydrogens (tertiary/aromatic N) is 4. The molecular formula is C22H20FN5O4S. The molecule has 4 aromatic rings. The van der Waals surface area contributed by atoms with Crippen LogP contribution in [0.15, 0.2) is 71.6 Å². The third kappa shape index (κ3) is 5.50. The topological polar surface area (TPSA) is 116 Å². The number of hydrogen-bond donors (Lipinski definition) is 1. The predicted octanol–water partition coefficient (Wildman–Crippen LogP) is 2.29. The molecule has 0 spiro atoms. The minimum atomic E-state index is -3.51. The molecule has 2 aromatic heterocycles. The molecular weight excluding hydrogens is 449 g/mol. The lowest BCUT2D eigenvalue weighted by Gasteiger charge is -2.08. The molecule has 0 aliphatic carbocycles. The molecule has 0 saturated carbocycles. The molecule has 0 fully saturated rings. The molecule has 33 heavy (non-hydrogen) atoms. The van der Waals surface area contributed by atoms with Gasteiger partial charge in [-0.15, -0.1) is 15.3 Å². The summed E-state index contributed by atoms with van der Waals surface area (Å²) in [5, 5.41) is 15.1. The second kappa shape index (κ2) is 9.74. The lowest BCUT2D eigenvalue weighted by atomic mass is 10.2. The van der Waals surface area contributed by atoms with Crippen LogP contribution >= 0.6 is 0 Å².